The van der Waals surface area contributed by atoms with Gasteiger partial charge in [0, 0.05) is 18.7 Å². The van der Waals surface area contributed by atoms with Gasteiger partial charge in [-0.3, -0.25) is 0 Å². The Bertz CT molecular complexity index is 904. The topological polar surface area (TPSA) is 66.8 Å². The van der Waals surface area contributed by atoms with Crippen LogP contribution in [0.3, 0.4) is 0 Å². The Balaban J connectivity index is 2.05. The molecule has 26 heavy (non-hydrogen) atoms. The number of rotatable bonds is 7. The van der Waals surface area contributed by atoms with Gasteiger partial charge in [-0.05, 0) is 38.8 Å². The molecule has 0 aliphatic carbocycles. The lowest BCUT2D eigenvalue weighted by Crippen LogP contribution is -2.27. The molecular formula is C18H23ClN6S. The molecule has 2 heterocycles. The van der Waals surface area contributed by atoms with Gasteiger partial charge in [0.15, 0.2) is 0 Å². The zero-order chi connectivity index (χ0) is 18.7. The Morgan fingerprint density at radius 3 is 2.50 bits per heavy atom. The van der Waals surface area contributed by atoms with Crippen LogP contribution < -0.4 is 10.2 Å². The predicted molar refractivity (Wildman–Crippen MR) is 110 cm³/mol. The van der Waals surface area contributed by atoms with Gasteiger partial charge in [0.05, 0.1) is 22.4 Å². The molecule has 1 N–H and O–H groups in total. The second-order valence-corrected chi connectivity index (χ2v) is 7.17. The molecule has 0 spiro atoms. The molecule has 0 aliphatic rings. The molecule has 3 aromatic rings. The Kier molecular flexibility index (Phi) is 5.88. The molecule has 0 unspecified atom stereocenters. The molecule has 0 saturated carbocycles. The number of nitrogens with one attached hydrogen (secondary N) is 1. The van der Waals surface area contributed by atoms with Gasteiger partial charge in [-0.15, -0.1) is 0 Å². The Morgan fingerprint density at radius 1 is 1.08 bits per heavy atom. The summed E-state index contributed by atoms with van der Waals surface area (Å²) in [5.41, 5.74) is 3.33. The molecule has 3 rings (SSSR count). The number of anilines is 3. The minimum absolute atomic E-state index is 0.599. The summed E-state index contributed by atoms with van der Waals surface area (Å²) >= 11 is 7.60. The highest BCUT2D eigenvalue weighted by molar-refractivity contribution is 7.00. The number of aromatic nitrogens is 4. The van der Waals surface area contributed by atoms with Gasteiger partial charge in [0.1, 0.15) is 28.5 Å². The highest BCUT2D eigenvalue weighted by atomic mass is 35.5. The smallest absolute Gasteiger partial charge is 0.139 e. The van der Waals surface area contributed by atoms with Crippen LogP contribution in [0.2, 0.25) is 5.02 Å². The van der Waals surface area contributed by atoms with Crippen LogP contribution in [0.15, 0.2) is 12.1 Å². The van der Waals surface area contributed by atoms with Gasteiger partial charge < -0.3 is 10.2 Å². The van der Waals surface area contributed by atoms with Crippen LogP contribution >= 0.6 is 23.3 Å². The molecule has 2 aromatic heterocycles. The van der Waals surface area contributed by atoms with E-state index < -0.39 is 0 Å². The van der Waals surface area contributed by atoms with Gasteiger partial charge in [-0.25, -0.2) is 9.97 Å². The first-order valence-electron chi connectivity index (χ1n) is 8.83. The Hall–Kier alpha value is -1.99. The van der Waals surface area contributed by atoms with Crippen LogP contribution in [0.25, 0.3) is 11.0 Å². The highest BCUT2D eigenvalue weighted by Crippen LogP contribution is 2.34. The largest absolute Gasteiger partial charge is 0.356 e. The van der Waals surface area contributed by atoms with E-state index in [1.807, 2.05) is 26.0 Å². The molecule has 0 aliphatic heterocycles. The number of aryl methyl sites for hydroxylation is 1. The van der Waals surface area contributed by atoms with E-state index in [1.54, 1.807) is 0 Å². The normalized spacial score (nSPS) is 11.1. The van der Waals surface area contributed by atoms with E-state index in [-0.39, 0.29) is 0 Å². The van der Waals surface area contributed by atoms with Gasteiger partial charge in [0.2, 0.25) is 0 Å². The fraction of sp³-hybridized carbons (Fsp3) is 0.444. The number of benzene rings is 1. The summed E-state index contributed by atoms with van der Waals surface area (Å²) in [6.07, 6.45) is 2.14. The van der Waals surface area contributed by atoms with Crippen molar-refractivity contribution in [3.05, 3.63) is 28.5 Å². The number of fused-ring (bicyclic) bond motifs is 1. The second-order valence-electron chi connectivity index (χ2n) is 6.23. The standard InChI is InChI=1S/C18H23ClN6S/c1-5-9-25(10-6-2)18-11(3)17(20-12(4)21-18)22-15-13(19)7-8-14-16(15)24-26-23-14/h7-8H,5-6,9-10H2,1-4H3,(H,20,21,22). The van der Waals surface area contributed by atoms with Crippen LogP contribution in [0.5, 0.6) is 0 Å². The van der Waals surface area contributed by atoms with E-state index in [2.05, 4.69) is 37.8 Å². The first-order chi connectivity index (χ1) is 12.5. The monoisotopic (exact) mass is 390 g/mol. The summed E-state index contributed by atoms with van der Waals surface area (Å²) in [7, 11) is 0. The Labute approximate surface area is 163 Å². The van der Waals surface area contributed by atoms with E-state index in [9.17, 15) is 0 Å². The zero-order valence-corrected chi connectivity index (χ0v) is 17.1. The lowest BCUT2D eigenvalue weighted by Gasteiger charge is -2.25. The third-order valence-electron chi connectivity index (χ3n) is 4.14. The van der Waals surface area contributed by atoms with Crippen molar-refractivity contribution in [2.75, 3.05) is 23.3 Å². The quantitative estimate of drug-likeness (QED) is 0.603. The second kappa shape index (κ2) is 8.14. The summed E-state index contributed by atoms with van der Waals surface area (Å²) in [5.74, 6) is 2.46. The van der Waals surface area contributed by atoms with Gasteiger partial charge in [-0.2, -0.15) is 8.75 Å². The molecule has 6 nitrogen and oxygen atoms in total. The van der Waals surface area contributed by atoms with Crippen LogP contribution in [-0.4, -0.2) is 31.8 Å². The van der Waals surface area contributed by atoms with E-state index in [1.165, 1.54) is 11.7 Å². The van der Waals surface area contributed by atoms with Crippen molar-refractivity contribution >= 4 is 51.7 Å². The molecule has 0 atom stereocenters. The summed E-state index contributed by atoms with van der Waals surface area (Å²) in [4.78, 5) is 11.6. The maximum atomic E-state index is 6.42. The summed E-state index contributed by atoms with van der Waals surface area (Å²) < 4.78 is 8.66. The lowest BCUT2D eigenvalue weighted by atomic mass is 10.2. The van der Waals surface area contributed by atoms with Gasteiger partial charge in [0.25, 0.3) is 0 Å². The van der Waals surface area contributed by atoms with E-state index >= 15 is 0 Å². The summed E-state index contributed by atoms with van der Waals surface area (Å²) in [5, 5.41) is 3.98. The Morgan fingerprint density at radius 2 is 1.81 bits per heavy atom. The number of hydrogen-bond donors (Lipinski definition) is 1. The van der Waals surface area contributed by atoms with E-state index in [0.29, 0.717) is 5.02 Å². The first-order valence-corrected chi connectivity index (χ1v) is 9.93. The lowest BCUT2D eigenvalue weighted by molar-refractivity contribution is 0.727. The van der Waals surface area contributed by atoms with Gasteiger partial charge in [-0.1, -0.05) is 25.4 Å². The average Bonchev–Trinajstić information content (AvgIpc) is 3.09. The van der Waals surface area contributed by atoms with Gasteiger partial charge >= 0.3 is 0 Å². The van der Waals surface area contributed by atoms with E-state index in [0.717, 1.165) is 65.7 Å². The molecular weight excluding hydrogens is 368 g/mol. The molecule has 0 saturated heterocycles. The molecule has 138 valence electrons. The molecule has 1 aromatic carbocycles. The third kappa shape index (κ3) is 3.73. The van der Waals surface area contributed by atoms with Crippen molar-refractivity contribution in [1.29, 1.82) is 0 Å². The number of nitrogens with zero attached hydrogens (tertiary/aromatic N) is 5. The van der Waals surface area contributed by atoms with Crippen LogP contribution in [0.4, 0.5) is 17.3 Å². The fourth-order valence-electron chi connectivity index (χ4n) is 2.97. The zero-order valence-electron chi connectivity index (χ0n) is 15.5. The summed E-state index contributed by atoms with van der Waals surface area (Å²) in [6, 6.07) is 3.71. The third-order valence-corrected chi connectivity index (χ3v) is 5.00. The maximum absolute atomic E-state index is 6.42. The van der Waals surface area contributed by atoms with Crippen molar-refractivity contribution in [2.24, 2.45) is 0 Å². The number of halogens is 1. The minimum atomic E-state index is 0.599. The molecule has 0 amide bonds. The van der Waals surface area contributed by atoms with Crippen molar-refractivity contribution < 1.29 is 0 Å². The minimum Gasteiger partial charge on any atom is -0.356 e. The molecule has 0 bridgehead atoms. The van der Waals surface area contributed by atoms with Crippen LogP contribution in [0, 0.1) is 13.8 Å². The predicted octanol–water partition coefficient (Wildman–Crippen LogP) is 5.12. The SMILES string of the molecule is CCCN(CCC)c1nc(C)nc(Nc2c(Cl)ccc3nsnc23)c1C. The molecule has 0 fully saturated rings. The van der Waals surface area contributed by atoms with Crippen molar-refractivity contribution in [3.8, 4) is 0 Å². The van der Waals surface area contributed by atoms with Crippen molar-refractivity contribution in [1.82, 2.24) is 18.7 Å². The van der Waals surface area contributed by atoms with Crippen LogP contribution in [0.1, 0.15) is 38.1 Å². The van der Waals surface area contributed by atoms with E-state index in [4.69, 9.17) is 16.6 Å². The van der Waals surface area contributed by atoms with Crippen molar-refractivity contribution in [2.45, 2.75) is 40.5 Å². The van der Waals surface area contributed by atoms with Crippen LogP contribution in [-0.2, 0) is 0 Å². The molecule has 0 radical (unpaired) electrons. The molecule has 8 heteroatoms. The number of hydrogen-bond acceptors (Lipinski definition) is 7. The average molecular weight is 391 g/mol. The fourth-order valence-corrected chi connectivity index (χ4v) is 3.71. The summed E-state index contributed by atoms with van der Waals surface area (Å²) in [6.45, 7) is 10.3. The maximum Gasteiger partial charge on any atom is 0.139 e. The van der Waals surface area contributed by atoms with Crippen molar-refractivity contribution in [3.63, 3.8) is 0 Å². The first kappa shape index (κ1) is 18.8. The highest BCUT2D eigenvalue weighted by Gasteiger charge is 2.17.